The molecule has 2 aliphatic heterocycles. The van der Waals surface area contributed by atoms with Crippen LogP contribution < -0.4 is 10.6 Å². The molecule has 1 aromatic heterocycles. The minimum absolute atomic E-state index is 0.169. The fraction of sp³-hybridized carbons (Fsp3) is 0.520. The summed E-state index contributed by atoms with van der Waals surface area (Å²) in [6.45, 7) is 6.84. The van der Waals surface area contributed by atoms with Crippen LogP contribution >= 0.6 is 0 Å². The van der Waals surface area contributed by atoms with Crippen molar-refractivity contribution in [1.82, 2.24) is 19.8 Å². The van der Waals surface area contributed by atoms with Gasteiger partial charge in [-0.3, -0.25) is 9.69 Å². The summed E-state index contributed by atoms with van der Waals surface area (Å²) >= 11 is 0. The summed E-state index contributed by atoms with van der Waals surface area (Å²) in [5, 5.41) is 0. The standard InChI is InChI=1S/C25H31F3N6O3/c1-16-14-34(17(2)13-33(16)22-12-30-21(11-31-22)25(26,27)28)24(36)37-20-7-9-32(10-8-20)15-18-3-5-19(6-4-18)23(29)35/h3-6,11-12,16-17,20H,7-10,13-15H2,1-2H3,(H2,29,35)/t16-,17+/m0/s1. The van der Waals surface area contributed by atoms with Crippen LogP contribution in [0.2, 0.25) is 0 Å². The minimum atomic E-state index is -4.54. The van der Waals surface area contributed by atoms with Crippen molar-refractivity contribution in [2.75, 3.05) is 31.1 Å². The van der Waals surface area contributed by atoms with E-state index in [1.807, 2.05) is 30.9 Å². The fourth-order valence-corrected chi connectivity index (χ4v) is 4.74. The average molecular weight is 521 g/mol. The maximum absolute atomic E-state index is 13.0. The maximum atomic E-state index is 13.0. The van der Waals surface area contributed by atoms with Crippen LogP contribution in [0, 0.1) is 0 Å². The second-order valence-electron chi connectivity index (χ2n) is 9.68. The smallest absolute Gasteiger partial charge is 0.434 e. The van der Waals surface area contributed by atoms with Gasteiger partial charge < -0.3 is 20.3 Å². The van der Waals surface area contributed by atoms with E-state index in [9.17, 15) is 22.8 Å². The molecular formula is C25H31F3N6O3. The molecule has 0 radical (unpaired) electrons. The zero-order valence-electron chi connectivity index (χ0n) is 20.8. The molecule has 2 atom stereocenters. The quantitative estimate of drug-likeness (QED) is 0.645. The van der Waals surface area contributed by atoms with E-state index in [4.69, 9.17) is 10.5 Å². The lowest BCUT2D eigenvalue weighted by Gasteiger charge is -2.44. The number of ether oxygens (including phenoxy) is 1. The molecule has 200 valence electrons. The predicted molar refractivity (Wildman–Crippen MR) is 130 cm³/mol. The number of rotatable bonds is 5. The van der Waals surface area contributed by atoms with E-state index in [-0.39, 0.29) is 24.3 Å². The number of aromatic nitrogens is 2. The molecule has 0 bridgehead atoms. The van der Waals surface area contributed by atoms with Gasteiger partial charge in [-0.2, -0.15) is 13.2 Å². The van der Waals surface area contributed by atoms with E-state index in [0.717, 1.165) is 50.4 Å². The number of alkyl halides is 3. The Morgan fingerprint density at radius 3 is 2.27 bits per heavy atom. The number of carbonyl (C=O) groups is 2. The van der Waals surface area contributed by atoms with Gasteiger partial charge in [0.15, 0.2) is 5.69 Å². The third-order valence-electron chi connectivity index (χ3n) is 6.89. The molecule has 2 amide bonds. The van der Waals surface area contributed by atoms with E-state index in [2.05, 4.69) is 14.9 Å². The Kier molecular flexibility index (Phi) is 7.86. The molecule has 2 aliphatic rings. The molecule has 0 aliphatic carbocycles. The molecule has 2 N–H and O–H groups in total. The number of piperidine rings is 1. The Labute approximate surface area is 213 Å². The van der Waals surface area contributed by atoms with Gasteiger partial charge in [0.05, 0.1) is 12.4 Å². The van der Waals surface area contributed by atoms with Crippen LogP contribution in [0.4, 0.5) is 23.8 Å². The highest BCUT2D eigenvalue weighted by Gasteiger charge is 2.36. The number of benzene rings is 1. The zero-order valence-corrected chi connectivity index (χ0v) is 20.8. The number of nitrogens with zero attached hydrogens (tertiary/aromatic N) is 5. The lowest BCUT2D eigenvalue weighted by atomic mass is 10.1. The van der Waals surface area contributed by atoms with E-state index in [0.29, 0.717) is 24.5 Å². The number of piperazine rings is 1. The molecule has 2 saturated heterocycles. The summed E-state index contributed by atoms with van der Waals surface area (Å²) in [5.41, 5.74) is 5.81. The molecule has 0 saturated carbocycles. The van der Waals surface area contributed by atoms with Crippen molar-refractivity contribution >= 4 is 17.8 Å². The zero-order chi connectivity index (χ0) is 26.7. The van der Waals surface area contributed by atoms with Crippen LogP contribution in [0.25, 0.3) is 0 Å². The molecule has 9 nitrogen and oxygen atoms in total. The molecule has 2 aromatic rings. The van der Waals surface area contributed by atoms with Crippen molar-refractivity contribution in [3.63, 3.8) is 0 Å². The summed E-state index contributed by atoms with van der Waals surface area (Å²) in [6, 6.07) is 6.85. The number of halogens is 3. The van der Waals surface area contributed by atoms with Crippen molar-refractivity contribution < 1.29 is 27.5 Å². The lowest BCUT2D eigenvalue weighted by Crippen LogP contribution is -2.59. The van der Waals surface area contributed by atoms with Crippen molar-refractivity contribution in [1.29, 1.82) is 0 Å². The number of nitrogens with two attached hydrogens (primary N) is 1. The van der Waals surface area contributed by atoms with Crippen molar-refractivity contribution in [3.05, 3.63) is 53.5 Å². The first-order valence-corrected chi connectivity index (χ1v) is 12.3. The van der Waals surface area contributed by atoms with Crippen molar-refractivity contribution in [2.45, 2.75) is 57.6 Å². The first-order chi connectivity index (χ1) is 17.5. The molecule has 1 aromatic carbocycles. The number of primary amides is 1. The highest BCUT2D eigenvalue weighted by molar-refractivity contribution is 5.92. The normalized spacial score (nSPS) is 21.6. The van der Waals surface area contributed by atoms with Gasteiger partial charge in [0.2, 0.25) is 5.91 Å². The van der Waals surface area contributed by atoms with E-state index >= 15 is 0 Å². The second-order valence-corrected chi connectivity index (χ2v) is 9.68. The lowest BCUT2D eigenvalue weighted by molar-refractivity contribution is -0.141. The third-order valence-corrected chi connectivity index (χ3v) is 6.89. The van der Waals surface area contributed by atoms with Gasteiger partial charge in [-0.1, -0.05) is 12.1 Å². The Morgan fingerprint density at radius 2 is 1.70 bits per heavy atom. The van der Waals surface area contributed by atoms with Gasteiger partial charge in [0.1, 0.15) is 11.9 Å². The number of anilines is 1. The van der Waals surface area contributed by atoms with Gasteiger partial charge in [-0.05, 0) is 44.4 Å². The fourth-order valence-electron chi connectivity index (χ4n) is 4.74. The SMILES string of the molecule is C[C@@H]1CN(c2cnc(C(F)(F)F)cn2)[C@@H](C)CN1C(=O)OC1CCN(Cc2ccc(C(N)=O)cc2)CC1. The molecule has 2 fully saturated rings. The van der Waals surface area contributed by atoms with Crippen LogP contribution in [0.1, 0.15) is 48.3 Å². The topological polar surface area (TPSA) is 105 Å². The first-order valence-electron chi connectivity index (χ1n) is 12.3. The number of amides is 2. The number of carbonyl (C=O) groups excluding carboxylic acids is 2. The Bertz CT molecular complexity index is 1090. The van der Waals surface area contributed by atoms with E-state index in [1.165, 1.54) is 0 Å². The monoisotopic (exact) mass is 520 g/mol. The Morgan fingerprint density at radius 1 is 1.03 bits per heavy atom. The number of likely N-dealkylation sites (tertiary alicyclic amines) is 1. The van der Waals surface area contributed by atoms with E-state index < -0.39 is 17.8 Å². The van der Waals surface area contributed by atoms with Crippen molar-refractivity contribution in [2.24, 2.45) is 5.73 Å². The van der Waals surface area contributed by atoms with Crippen LogP contribution in [0.3, 0.4) is 0 Å². The van der Waals surface area contributed by atoms with E-state index in [1.54, 1.807) is 17.0 Å². The highest BCUT2D eigenvalue weighted by atomic mass is 19.4. The van der Waals surface area contributed by atoms with Gasteiger partial charge in [-0.25, -0.2) is 14.8 Å². The molecule has 37 heavy (non-hydrogen) atoms. The van der Waals surface area contributed by atoms with Gasteiger partial charge in [0.25, 0.3) is 0 Å². The van der Waals surface area contributed by atoms with Crippen LogP contribution in [-0.2, 0) is 17.5 Å². The number of hydrogen-bond donors (Lipinski definition) is 1. The number of hydrogen-bond acceptors (Lipinski definition) is 7. The van der Waals surface area contributed by atoms with Gasteiger partial charge in [0, 0.05) is 50.4 Å². The molecule has 4 rings (SSSR count). The minimum Gasteiger partial charge on any atom is -0.446 e. The molecule has 12 heteroatoms. The van der Waals surface area contributed by atoms with Crippen molar-refractivity contribution in [3.8, 4) is 0 Å². The summed E-state index contributed by atoms with van der Waals surface area (Å²) < 4.78 is 44.2. The second kappa shape index (κ2) is 10.9. The van der Waals surface area contributed by atoms with Gasteiger partial charge >= 0.3 is 12.3 Å². The summed E-state index contributed by atoms with van der Waals surface area (Å²) in [5.74, 6) is -0.107. The van der Waals surface area contributed by atoms with Gasteiger partial charge in [-0.15, -0.1) is 0 Å². The Hall–Kier alpha value is -3.41. The molecule has 3 heterocycles. The maximum Gasteiger partial charge on any atom is 0.434 e. The average Bonchev–Trinajstić information content (AvgIpc) is 2.86. The summed E-state index contributed by atoms with van der Waals surface area (Å²) in [7, 11) is 0. The van der Waals surface area contributed by atoms with Crippen LogP contribution in [-0.4, -0.2) is 76.1 Å². The summed E-state index contributed by atoms with van der Waals surface area (Å²) in [6.07, 6.45) is -1.80. The Balaban J connectivity index is 1.26. The molecular weight excluding hydrogens is 489 g/mol. The predicted octanol–water partition coefficient (Wildman–Crippen LogP) is 3.29. The largest absolute Gasteiger partial charge is 0.446 e. The summed E-state index contributed by atoms with van der Waals surface area (Å²) in [4.78, 5) is 37.4. The van der Waals surface area contributed by atoms with Crippen LogP contribution in [0.15, 0.2) is 36.7 Å². The van der Waals surface area contributed by atoms with Crippen LogP contribution in [0.5, 0.6) is 0 Å². The molecule has 0 spiro atoms. The first kappa shape index (κ1) is 26.6. The molecule has 0 unspecified atom stereocenters. The third kappa shape index (κ3) is 6.48. The highest BCUT2D eigenvalue weighted by Crippen LogP contribution is 2.29.